The van der Waals surface area contributed by atoms with Gasteiger partial charge in [0.2, 0.25) is 10.0 Å². The van der Waals surface area contributed by atoms with Crippen LogP contribution in [0.25, 0.3) is 0 Å². The Morgan fingerprint density at radius 1 is 1.21 bits per heavy atom. The Morgan fingerprint density at radius 3 is 2.43 bits per heavy atom. The van der Waals surface area contributed by atoms with Crippen molar-refractivity contribution in [2.45, 2.75) is 43.8 Å². The van der Waals surface area contributed by atoms with Gasteiger partial charge in [0.1, 0.15) is 0 Å². The van der Waals surface area contributed by atoms with E-state index in [1.54, 1.807) is 0 Å². The Kier molecular flexibility index (Phi) is 4.84. The summed E-state index contributed by atoms with van der Waals surface area (Å²) in [6, 6.07) is 0. The Bertz CT molecular complexity index is 246. The summed E-state index contributed by atoms with van der Waals surface area (Å²) in [5, 5.41) is -0.158. The highest BCUT2D eigenvalue weighted by atomic mass is 32.2. The number of sulfonamides is 1. The van der Waals surface area contributed by atoms with Crippen molar-refractivity contribution in [3.05, 3.63) is 0 Å². The van der Waals surface area contributed by atoms with Gasteiger partial charge in [-0.25, -0.2) is 13.1 Å². The van der Waals surface area contributed by atoms with Crippen LogP contribution in [-0.2, 0) is 10.0 Å². The quantitative estimate of drug-likeness (QED) is 0.666. The molecule has 0 aromatic rings. The van der Waals surface area contributed by atoms with E-state index in [1.807, 2.05) is 0 Å². The van der Waals surface area contributed by atoms with Crippen LogP contribution in [-0.4, -0.2) is 26.8 Å². The molecule has 0 heterocycles. The standard InChI is InChI=1S/C9H20N2O2S/c10-7-4-8-11-14(12,13)9-5-2-1-3-6-9/h9,11H,1-8,10H2. The first-order chi connectivity index (χ1) is 6.67. The van der Waals surface area contributed by atoms with Crippen molar-refractivity contribution < 1.29 is 8.42 Å². The van der Waals surface area contributed by atoms with Crippen LogP contribution in [0.1, 0.15) is 38.5 Å². The molecule has 1 aliphatic carbocycles. The molecular formula is C9H20N2O2S. The van der Waals surface area contributed by atoms with E-state index in [0.29, 0.717) is 19.5 Å². The van der Waals surface area contributed by atoms with Crippen LogP contribution >= 0.6 is 0 Å². The maximum Gasteiger partial charge on any atom is 0.214 e. The average molecular weight is 220 g/mol. The van der Waals surface area contributed by atoms with Gasteiger partial charge >= 0.3 is 0 Å². The van der Waals surface area contributed by atoms with Gasteiger partial charge in [-0.05, 0) is 25.8 Å². The molecule has 4 nitrogen and oxygen atoms in total. The minimum atomic E-state index is -3.06. The fourth-order valence-electron chi connectivity index (χ4n) is 1.81. The third kappa shape index (κ3) is 3.55. The van der Waals surface area contributed by atoms with Crippen LogP contribution in [0.5, 0.6) is 0 Å². The van der Waals surface area contributed by atoms with Crippen LogP contribution in [0.15, 0.2) is 0 Å². The predicted octanol–water partition coefficient (Wildman–Crippen LogP) is 0.587. The van der Waals surface area contributed by atoms with Gasteiger partial charge in [-0.15, -0.1) is 0 Å². The summed E-state index contributed by atoms with van der Waals surface area (Å²) in [7, 11) is -3.06. The first kappa shape index (κ1) is 11.9. The number of nitrogens with two attached hydrogens (primary N) is 1. The average Bonchev–Trinajstić information content (AvgIpc) is 2.19. The topological polar surface area (TPSA) is 72.2 Å². The molecule has 1 fully saturated rings. The minimum absolute atomic E-state index is 0.158. The third-order valence-electron chi connectivity index (χ3n) is 2.68. The maximum absolute atomic E-state index is 11.7. The van der Waals surface area contributed by atoms with E-state index < -0.39 is 10.0 Å². The SMILES string of the molecule is NCCCNS(=O)(=O)C1CCCCC1. The van der Waals surface area contributed by atoms with Crippen molar-refractivity contribution in [3.8, 4) is 0 Å². The molecule has 0 aliphatic heterocycles. The lowest BCUT2D eigenvalue weighted by Gasteiger charge is -2.21. The Morgan fingerprint density at radius 2 is 1.86 bits per heavy atom. The zero-order chi connectivity index (χ0) is 10.4. The summed E-state index contributed by atoms with van der Waals surface area (Å²) in [5.41, 5.74) is 5.30. The molecule has 0 aromatic heterocycles. The lowest BCUT2D eigenvalue weighted by Crippen LogP contribution is -2.36. The van der Waals surface area contributed by atoms with Gasteiger partial charge < -0.3 is 5.73 Å². The van der Waals surface area contributed by atoms with Crippen LogP contribution in [0.4, 0.5) is 0 Å². The molecule has 0 amide bonds. The second-order valence-corrected chi connectivity index (χ2v) is 5.89. The highest BCUT2D eigenvalue weighted by Gasteiger charge is 2.26. The van der Waals surface area contributed by atoms with E-state index in [9.17, 15) is 8.42 Å². The molecular weight excluding hydrogens is 200 g/mol. The first-order valence-electron chi connectivity index (χ1n) is 5.35. The van der Waals surface area contributed by atoms with Crippen molar-refractivity contribution in [1.29, 1.82) is 0 Å². The molecule has 1 aliphatic rings. The summed E-state index contributed by atoms with van der Waals surface area (Å²) in [6.07, 6.45) is 5.61. The highest BCUT2D eigenvalue weighted by Crippen LogP contribution is 2.22. The normalized spacial score (nSPS) is 19.8. The number of rotatable bonds is 5. The lowest BCUT2D eigenvalue weighted by molar-refractivity contribution is 0.477. The molecule has 1 rings (SSSR count). The predicted molar refractivity (Wildman–Crippen MR) is 57.5 cm³/mol. The zero-order valence-corrected chi connectivity index (χ0v) is 9.35. The van der Waals surface area contributed by atoms with Gasteiger partial charge in [0.15, 0.2) is 0 Å². The van der Waals surface area contributed by atoms with Gasteiger partial charge in [0, 0.05) is 6.54 Å². The van der Waals surface area contributed by atoms with Crippen molar-refractivity contribution in [1.82, 2.24) is 4.72 Å². The fourth-order valence-corrected chi connectivity index (χ4v) is 3.43. The molecule has 5 heteroatoms. The largest absolute Gasteiger partial charge is 0.330 e. The zero-order valence-electron chi connectivity index (χ0n) is 8.54. The molecule has 84 valence electrons. The Balaban J connectivity index is 2.38. The van der Waals surface area contributed by atoms with Gasteiger partial charge in [0.05, 0.1) is 5.25 Å². The molecule has 0 spiro atoms. The van der Waals surface area contributed by atoms with E-state index in [0.717, 1.165) is 25.7 Å². The van der Waals surface area contributed by atoms with E-state index in [2.05, 4.69) is 4.72 Å². The molecule has 0 bridgehead atoms. The van der Waals surface area contributed by atoms with E-state index in [4.69, 9.17) is 5.73 Å². The summed E-state index contributed by atoms with van der Waals surface area (Å²) >= 11 is 0. The number of nitrogens with one attached hydrogen (secondary N) is 1. The van der Waals surface area contributed by atoms with Crippen molar-refractivity contribution in [3.63, 3.8) is 0 Å². The van der Waals surface area contributed by atoms with Crippen molar-refractivity contribution >= 4 is 10.0 Å². The van der Waals surface area contributed by atoms with Crippen molar-refractivity contribution in [2.75, 3.05) is 13.1 Å². The summed E-state index contributed by atoms with van der Waals surface area (Å²) in [4.78, 5) is 0. The molecule has 0 aromatic carbocycles. The van der Waals surface area contributed by atoms with Crippen LogP contribution in [0.2, 0.25) is 0 Å². The van der Waals surface area contributed by atoms with Crippen LogP contribution in [0.3, 0.4) is 0 Å². The van der Waals surface area contributed by atoms with Crippen molar-refractivity contribution in [2.24, 2.45) is 5.73 Å². The fraction of sp³-hybridized carbons (Fsp3) is 1.00. The summed E-state index contributed by atoms with van der Waals surface area (Å²) in [5.74, 6) is 0. The monoisotopic (exact) mass is 220 g/mol. The van der Waals surface area contributed by atoms with Crippen LogP contribution in [0, 0.1) is 0 Å². The highest BCUT2D eigenvalue weighted by molar-refractivity contribution is 7.90. The molecule has 0 unspecified atom stereocenters. The summed E-state index contributed by atoms with van der Waals surface area (Å²) < 4.78 is 26.0. The minimum Gasteiger partial charge on any atom is -0.330 e. The maximum atomic E-state index is 11.7. The molecule has 1 saturated carbocycles. The molecule has 0 saturated heterocycles. The van der Waals surface area contributed by atoms with E-state index >= 15 is 0 Å². The molecule has 14 heavy (non-hydrogen) atoms. The number of hydrogen-bond acceptors (Lipinski definition) is 3. The molecule has 0 atom stereocenters. The second-order valence-electron chi connectivity index (χ2n) is 3.84. The first-order valence-corrected chi connectivity index (χ1v) is 6.90. The van der Waals surface area contributed by atoms with Gasteiger partial charge in [-0.3, -0.25) is 0 Å². The Labute approximate surface area is 86.3 Å². The summed E-state index contributed by atoms with van der Waals surface area (Å²) in [6.45, 7) is 1.02. The van der Waals surface area contributed by atoms with Crippen LogP contribution < -0.4 is 10.5 Å². The van der Waals surface area contributed by atoms with E-state index in [1.165, 1.54) is 6.42 Å². The smallest absolute Gasteiger partial charge is 0.214 e. The lowest BCUT2D eigenvalue weighted by atomic mass is 10.0. The van der Waals surface area contributed by atoms with Gasteiger partial charge in [-0.2, -0.15) is 0 Å². The van der Waals surface area contributed by atoms with Gasteiger partial charge in [-0.1, -0.05) is 19.3 Å². The number of hydrogen-bond donors (Lipinski definition) is 2. The van der Waals surface area contributed by atoms with E-state index in [-0.39, 0.29) is 5.25 Å². The Hall–Kier alpha value is -0.130. The van der Waals surface area contributed by atoms with Gasteiger partial charge in [0.25, 0.3) is 0 Å². The third-order valence-corrected chi connectivity index (χ3v) is 4.63. The molecule has 3 N–H and O–H groups in total. The molecule has 0 radical (unpaired) electrons. The second kappa shape index (κ2) is 5.68.